The standard InChI is InChI=1S/C19H26N4O2/c1-12(17-21-14-8-6-7-9-15(14)22(17)5)20-18(25)13-10-16(24)23(11-13)19(2,3)4/h6-9,12-13H,10-11H2,1-5H3,(H,20,25)/t12-,13-/m1/s1. The van der Waals surface area contributed by atoms with E-state index in [0.717, 1.165) is 16.9 Å². The summed E-state index contributed by atoms with van der Waals surface area (Å²) in [5, 5.41) is 3.03. The van der Waals surface area contributed by atoms with Gasteiger partial charge in [0.15, 0.2) is 0 Å². The summed E-state index contributed by atoms with van der Waals surface area (Å²) >= 11 is 0. The molecule has 1 aromatic carbocycles. The molecule has 2 amide bonds. The van der Waals surface area contributed by atoms with E-state index in [4.69, 9.17) is 0 Å². The van der Waals surface area contributed by atoms with Gasteiger partial charge >= 0.3 is 0 Å². The predicted octanol–water partition coefficient (Wildman–Crippen LogP) is 2.40. The van der Waals surface area contributed by atoms with Crippen LogP contribution in [0.25, 0.3) is 11.0 Å². The number of rotatable bonds is 3. The summed E-state index contributed by atoms with van der Waals surface area (Å²) in [5.41, 5.74) is 1.69. The van der Waals surface area contributed by atoms with Crippen LogP contribution in [0.1, 0.15) is 46.0 Å². The molecule has 0 spiro atoms. The summed E-state index contributed by atoms with van der Waals surface area (Å²) in [6.45, 7) is 8.38. The normalized spacial score (nSPS) is 19.5. The van der Waals surface area contributed by atoms with Gasteiger partial charge in [-0.1, -0.05) is 12.1 Å². The van der Waals surface area contributed by atoms with Crippen molar-refractivity contribution in [3.63, 3.8) is 0 Å². The zero-order valence-electron chi connectivity index (χ0n) is 15.5. The number of hydrogen-bond acceptors (Lipinski definition) is 3. The van der Waals surface area contributed by atoms with Crippen molar-refractivity contribution < 1.29 is 9.59 Å². The third-order valence-electron chi connectivity index (χ3n) is 4.87. The number of carbonyl (C=O) groups excluding carboxylic acids is 2. The van der Waals surface area contributed by atoms with Gasteiger partial charge < -0.3 is 14.8 Å². The van der Waals surface area contributed by atoms with Crippen molar-refractivity contribution in [1.29, 1.82) is 0 Å². The summed E-state index contributed by atoms with van der Waals surface area (Å²) in [6, 6.07) is 7.68. The van der Waals surface area contributed by atoms with E-state index in [1.165, 1.54) is 0 Å². The Kier molecular flexibility index (Phi) is 4.31. The van der Waals surface area contributed by atoms with Crippen LogP contribution in [0.3, 0.4) is 0 Å². The number of likely N-dealkylation sites (tertiary alicyclic amines) is 1. The first-order chi connectivity index (χ1) is 11.7. The van der Waals surface area contributed by atoms with Crippen LogP contribution in [0.15, 0.2) is 24.3 Å². The zero-order valence-corrected chi connectivity index (χ0v) is 15.5. The molecule has 2 heterocycles. The SMILES string of the molecule is C[C@@H](NC(=O)[C@@H]1CC(=O)N(C(C)(C)C)C1)c1nc2ccccc2n1C. The van der Waals surface area contributed by atoms with E-state index in [1.54, 1.807) is 4.90 Å². The molecule has 134 valence electrons. The molecule has 3 rings (SSSR count). The molecule has 2 atom stereocenters. The quantitative estimate of drug-likeness (QED) is 0.931. The lowest BCUT2D eigenvalue weighted by Crippen LogP contribution is -2.43. The summed E-state index contributed by atoms with van der Waals surface area (Å²) in [5.74, 6) is 0.470. The van der Waals surface area contributed by atoms with Crippen molar-refractivity contribution in [1.82, 2.24) is 19.8 Å². The first-order valence-electron chi connectivity index (χ1n) is 8.70. The number of para-hydroxylation sites is 2. The number of nitrogens with zero attached hydrogens (tertiary/aromatic N) is 3. The molecule has 1 aliphatic rings. The second kappa shape index (κ2) is 6.17. The van der Waals surface area contributed by atoms with Crippen molar-refractivity contribution in [2.75, 3.05) is 6.54 Å². The summed E-state index contributed by atoms with van der Waals surface area (Å²) in [7, 11) is 1.95. The number of amides is 2. The highest BCUT2D eigenvalue weighted by Gasteiger charge is 2.39. The number of carbonyl (C=O) groups is 2. The monoisotopic (exact) mass is 342 g/mol. The average molecular weight is 342 g/mol. The average Bonchev–Trinajstić information content (AvgIpc) is 3.08. The summed E-state index contributed by atoms with van der Waals surface area (Å²) < 4.78 is 2.00. The van der Waals surface area contributed by atoms with Crippen molar-refractivity contribution in [3.8, 4) is 0 Å². The van der Waals surface area contributed by atoms with Gasteiger partial charge in [-0.05, 0) is 39.8 Å². The molecular weight excluding hydrogens is 316 g/mol. The van der Waals surface area contributed by atoms with Crippen LogP contribution >= 0.6 is 0 Å². The third kappa shape index (κ3) is 3.25. The van der Waals surface area contributed by atoms with E-state index in [0.29, 0.717) is 6.54 Å². The van der Waals surface area contributed by atoms with Gasteiger partial charge in [0.2, 0.25) is 11.8 Å². The Bertz CT molecular complexity index is 818. The highest BCUT2D eigenvalue weighted by Crippen LogP contribution is 2.27. The van der Waals surface area contributed by atoms with Gasteiger partial charge in [-0.15, -0.1) is 0 Å². The van der Waals surface area contributed by atoms with Gasteiger partial charge in [-0.2, -0.15) is 0 Å². The van der Waals surface area contributed by atoms with Crippen LogP contribution in [0.4, 0.5) is 0 Å². The summed E-state index contributed by atoms with van der Waals surface area (Å²) in [4.78, 5) is 31.3. The van der Waals surface area contributed by atoms with Gasteiger partial charge in [0.1, 0.15) is 5.82 Å². The van der Waals surface area contributed by atoms with E-state index < -0.39 is 0 Å². The molecule has 2 aromatic rings. The smallest absolute Gasteiger partial charge is 0.226 e. The summed E-state index contributed by atoms with van der Waals surface area (Å²) in [6.07, 6.45) is 0.276. The molecule has 0 radical (unpaired) electrons. The Labute approximate surface area is 148 Å². The Balaban J connectivity index is 1.72. The first kappa shape index (κ1) is 17.5. The Morgan fingerprint density at radius 1 is 1.32 bits per heavy atom. The Hall–Kier alpha value is -2.37. The van der Waals surface area contributed by atoms with Crippen molar-refractivity contribution in [2.45, 2.75) is 45.7 Å². The van der Waals surface area contributed by atoms with E-state index >= 15 is 0 Å². The second-order valence-electron chi connectivity index (χ2n) is 7.82. The lowest BCUT2D eigenvalue weighted by atomic mass is 10.1. The highest BCUT2D eigenvalue weighted by atomic mass is 16.2. The van der Waals surface area contributed by atoms with E-state index in [-0.39, 0.29) is 35.7 Å². The van der Waals surface area contributed by atoms with Crippen LogP contribution in [0.5, 0.6) is 0 Å². The molecule has 0 unspecified atom stereocenters. The number of fused-ring (bicyclic) bond motifs is 1. The molecule has 6 nitrogen and oxygen atoms in total. The fourth-order valence-electron chi connectivity index (χ4n) is 3.48. The molecule has 25 heavy (non-hydrogen) atoms. The minimum atomic E-state index is -0.302. The van der Waals surface area contributed by atoms with Crippen molar-refractivity contribution >= 4 is 22.8 Å². The van der Waals surface area contributed by atoms with Gasteiger partial charge in [-0.25, -0.2) is 4.98 Å². The number of aromatic nitrogens is 2. The number of benzene rings is 1. The first-order valence-corrected chi connectivity index (χ1v) is 8.70. The molecule has 1 aliphatic heterocycles. The Morgan fingerprint density at radius 2 is 2.00 bits per heavy atom. The largest absolute Gasteiger partial charge is 0.346 e. The van der Waals surface area contributed by atoms with E-state index in [2.05, 4.69) is 10.3 Å². The topological polar surface area (TPSA) is 67.2 Å². The van der Waals surface area contributed by atoms with Crippen LogP contribution in [-0.2, 0) is 16.6 Å². The Morgan fingerprint density at radius 3 is 2.60 bits per heavy atom. The van der Waals surface area contributed by atoms with Crippen LogP contribution in [0, 0.1) is 5.92 Å². The van der Waals surface area contributed by atoms with Gasteiger partial charge in [0.25, 0.3) is 0 Å². The minimum Gasteiger partial charge on any atom is -0.346 e. The third-order valence-corrected chi connectivity index (χ3v) is 4.87. The fourth-order valence-corrected chi connectivity index (χ4v) is 3.48. The molecule has 6 heteroatoms. The number of aryl methyl sites for hydroxylation is 1. The number of nitrogens with one attached hydrogen (secondary N) is 1. The molecule has 1 saturated heterocycles. The maximum atomic E-state index is 12.6. The van der Waals surface area contributed by atoms with Gasteiger partial charge in [0.05, 0.1) is 23.0 Å². The maximum Gasteiger partial charge on any atom is 0.226 e. The molecule has 0 bridgehead atoms. The zero-order chi connectivity index (χ0) is 18.4. The molecular formula is C19H26N4O2. The molecule has 1 aromatic heterocycles. The highest BCUT2D eigenvalue weighted by molar-refractivity contribution is 5.89. The van der Waals surface area contributed by atoms with Gasteiger partial charge in [-0.3, -0.25) is 9.59 Å². The number of imidazole rings is 1. The van der Waals surface area contributed by atoms with Crippen LogP contribution in [0.2, 0.25) is 0 Å². The number of hydrogen-bond donors (Lipinski definition) is 1. The van der Waals surface area contributed by atoms with Crippen LogP contribution in [-0.4, -0.2) is 38.3 Å². The van der Waals surface area contributed by atoms with Crippen molar-refractivity contribution in [3.05, 3.63) is 30.1 Å². The molecule has 1 N–H and O–H groups in total. The minimum absolute atomic E-state index is 0.0445. The van der Waals surface area contributed by atoms with Crippen molar-refractivity contribution in [2.24, 2.45) is 13.0 Å². The molecule has 0 saturated carbocycles. The molecule has 1 fully saturated rings. The van der Waals surface area contributed by atoms with Crippen LogP contribution < -0.4 is 5.32 Å². The lowest BCUT2D eigenvalue weighted by Gasteiger charge is -2.32. The van der Waals surface area contributed by atoms with E-state index in [1.807, 2.05) is 63.6 Å². The molecule has 0 aliphatic carbocycles. The second-order valence-corrected chi connectivity index (χ2v) is 7.82. The predicted molar refractivity (Wildman–Crippen MR) is 96.8 cm³/mol. The van der Waals surface area contributed by atoms with E-state index in [9.17, 15) is 9.59 Å². The van der Waals surface area contributed by atoms with Gasteiger partial charge in [0, 0.05) is 25.6 Å². The fraction of sp³-hybridized carbons (Fsp3) is 0.526. The lowest BCUT2D eigenvalue weighted by molar-refractivity contribution is -0.132. The maximum absolute atomic E-state index is 12.6.